The quantitative estimate of drug-likeness (QED) is 0.533. The van der Waals surface area contributed by atoms with Crippen LogP contribution in [0.4, 0.5) is 5.95 Å². The van der Waals surface area contributed by atoms with Crippen LogP contribution >= 0.6 is 11.3 Å². The van der Waals surface area contributed by atoms with Crippen molar-refractivity contribution in [2.24, 2.45) is 0 Å². The Labute approximate surface area is 110 Å². The van der Waals surface area contributed by atoms with Crippen LogP contribution in [-0.4, -0.2) is 24.7 Å². The van der Waals surface area contributed by atoms with E-state index in [1.165, 1.54) is 22.3 Å². The van der Waals surface area contributed by atoms with Crippen molar-refractivity contribution in [1.29, 1.82) is 0 Å². The zero-order chi connectivity index (χ0) is 13.2. The molecule has 0 unspecified atom stereocenters. The van der Waals surface area contributed by atoms with Crippen molar-refractivity contribution in [2.45, 2.75) is 6.54 Å². The second-order valence-corrected chi connectivity index (χ2v) is 4.48. The number of thiazole rings is 1. The highest BCUT2D eigenvalue weighted by Gasteiger charge is 2.14. The maximum Gasteiger partial charge on any atom is 0.490 e. The molecule has 0 amide bonds. The zero-order valence-corrected chi connectivity index (χ0v) is 10.3. The van der Waals surface area contributed by atoms with E-state index >= 15 is 0 Å². The summed E-state index contributed by atoms with van der Waals surface area (Å²) in [6, 6.07) is 3.61. The number of aromatic nitrogens is 4. The van der Waals surface area contributed by atoms with Crippen LogP contribution in [0.1, 0.15) is 5.69 Å². The molecule has 96 valence electrons. The van der Waals surface area contributed by atoms with Gasteiger partial charge >= 0.3 is 5.95 Å². The smallest absolute Gasteiger partial charge is 0.462 e. The Morgan fingerprint density at radius 1 is 1.53 bits per heavy atom. The number of rotatable bonds is 4. The van der Waals surface area contributed by atoms with Crippen LogP contribution < -0.4 is 0 Å². The SMILES string of the molecule is O=[N+]([O-])c1ncn(Cc2csc(-c3ccco3)n2)n1. The number of hydrogen-bond acceptors (Lipinski definition) is 7. The lowest BCUT2D eigenvalue weighted by Crippen LogP contribution is -2.01. The van der Waals surface area contributed by atoms with E-state index in [0.717, 1.165) is 10.7 Å². The molecule has 9 heteroatoms. The van der Waals surface area contributed by atoms with Crippen LogP contribution in [0, 0.1) is 10.1 Å². The Bertz CT molecular complexity index is 702. The Hall–Kier alpha value is -2.55. The van der Waals surface area contributed by atoms with Gasteiger partial charge in [-0.25, -0.2) is 4.98 Å². The minimum absolute atomic E-state index is 0.331. The number of furan rings is 1. The summed E-state index contributed by atoms with van der Waals surface area (Å²) in [6.45, 7) is 0.331. The van der Waals surface area contributed by atoms with Gasteiger partial charge in [0.2, 0.25) is 6.33 Å². The topological polar surface area (TPSA) is 99.9 Å². The van der Waals surface area contributed by atoms with Gasteiger partial charge in [-0.2, -0.15) is 4.68 Å². The summed E-state index contributed by atoms with van der Waals surface area (Å²) in [7, 11) is 0. The van der Waals surface area contributed by atoms with Crippen LogP contribution in [-0.2, 0) is 6.54 Å². The molecule has 3 aromatic rings. The predicted octanol–water partition coefficient (Wildman–Crippen LogP) is 1.95. The number of hydrogen-bond donors (Lipinski definition) is 0. The Kier molecular flexibility index (Phi) is 2.80. The zero-order valence-electron chi connectivity index (χ0n) is 9.46. The third kappa shape index (κ3) is 2.36. The minimum atomic E-state index is -0.633. The first-order valence-electron chi connectivity index (χ1n) is 5.24. The summed E-state index contributed by atoms with van der Waals surface area (Å²) in [5, 5.41) is 16.8. The third-order valence-electron chi connectivity index (χ3n) is 2.30. The summed E-state index contributed by atoms with van der Waals surface area (Å²) < 4.78 is 6.62. The lowest BCUT2D eigenvalue weighted by Gasteiger charge is -1.91. The third-order valence-corrected chi connectivity index (χ3v) is 3.20. The number of nitrogens with zero attached hydrogens (tertiary/aromatic N) is 5. The molecule has 0 saturated carbocycles. The molecule has 0 atom stereocenters. The van der Waals surface area contributed by atoms with Crippen molar-refractivity contribution in [3.8, 4) is 10.8 Å². The van der Waals surface area contributed by atoms with Gasteiger partial charge < -0.3 is 14.5 Å². The average Bonchev–Trinajstić information content (AvgIpc) is 3.09. The van der Waals surface area contributed by atoms with E-state index in [1.54, 1.807) is 12.3 Å². The predicted molar refractivity (Wildman–Crippen MR) is 65.6 cm³/mol. The van der Waals surface area contributed by atoms with Crippen LogP contribution in [0.15, 0.2) is 34.5 Å². The summed E-state index contributed by atoms with van der Waals surface area (Å²) in [5.41, 5.74) is 0.746. The molecule has 0 spiro atoms. The fraction of sp³-hybridized carbons (Fsp3) is 0.100. The highest BCUT2D eigenvalue weighted by atomic mass is 32.1. The molecule has 0 radical (unpaired) electrons. The van der Waals surface area contributed by atoms with E-state index in [1.807, 2.05) is 11.4 Å². The van der Waals surface area contributed by atoms with E-state index < -0.39 is 10.9 Å². The van der Waals surface area contributed by atoms with E-state index in [0.29, 0.717) is 12.3 Å². The van der Waals surface area contributed by atoms with Gasteiger partial charge in [-0.05, 0) is 17.1 Å². The highest BCUT2D eigenvalue weighted by Crippen LogP contribution is 2.24. The van der Waals surface area contributed by atoms with Gasteiger partial charge in [0.15, 0.2) is 10.8 Å². The Balaban J connectivity index is 1.78. The molecule has 3 heterocycles. The molecule has 0 saturated heterocycles. The molecule has 0 aliphatic heterocycles. The molecule has 0 fully saturated rings. The van der Waals surface area contributed by atoms with Crippen LogP contribution in [0.5, 0.6) is 0 Å². The largest absolute Gasteiger partial charge is 0.490 e. The first-order valence-corrected chi connectivity index (χ1v) is 6.12. The van der Waals surface area contributed by atoms with E-state index in [2.05, 4.69) is 15.1 Å². The van der Waals surface area contributed by atoms with Crippen molar-refractivity contribution in [1.82, 2.24) is 19.7 Å². The molecule has 0 bridgehead atoms. The molecule has 0 aliphatic carbocycles. The van der Waals surface area contributed by atoms with Gasteiger partial charge in [-0.15, -0.1) is 11.3 Å². The second kappa shape index (κ2) is 4.61. The molecule has 0 aliphatic rings. The van der Waals surface area contributed by atoms with Crippen molar-refractivity contribution >= 4 is 17.3 Å². The maximum atomic E-state index is 10.5. The van der Waals surface area contributed by atoms with E-state index in [9.17, 15) is 10.1 Å². The standard InChI is InChI=1S/C10H7N5O3S/c16-15(17)10-11-6-14(13-10)4-7-5-19-9(12-7)8-2-1-3-18-8/h1-3,5-6H,4H2. The molecule has 3 rings (SSSR count). The van der Waals surface area contributed by atoms with E-state index in [4.69, 9.17) is 4.42 Å². The monoisotopic (exact) mass is 277 g/mol. The number of nitro groups is 1. The summed E-state index contributed by atoms with van der Waals surface area (Å²) >= 11 is 1.44. The summed E-state index contributed by atoms with van der Waals surface area (Å²) in [6.07, 6.45) is 2.89. The first-order chi connectivity index (χ1) is 9.22. The molecular formula is C10H7N5O3S. The minimum Gasteiger partial charge on any atom is -0.462 e. The maximum absolute atomic E-state index is 10.5. The molecule has 3 aromatic heterocycles. The molecule has 8 nitrogen and oxygen atoms in total. The van der Waals surface area contributed by atoms with Gasteiger partial charge in [0.25, 0.3) is 0 Å². The Morgan fingerprint density at radius 3 is 3.11 bits per heavy atom. The molecular weight excluding hydrogens is 270 g/mol. The van der Waals surface area contributed by atoms with E-state index in [-0.39, 0.29) is 0 Å². The van der Waals surface area contributed by atoms with Gasteiger partial charge in [-0.3, -0.25) is 0 Å². The lowest BCUT2D eigenvalue weighted by molar-refractivity contribution is -0.394. The highest BCUT2D eigenvalue weighted by molar-refractivity contribution is 7.13. The first kappa shape index (κ1) is 11.5. The summed E-state index contributed by atoms with van der Waals surface area (Å²) in [5.74, 6) is 0.280. The van der Waals surface area contributed by atoms with Gasteiger partial charge in [0.05, 0.1) is 12.0 Å². The van der Waals surface area contributed by atoms with Crippen LogP contribution in [0.2, 0.25) is 0 Å². The van der Waals surface area contributed by atoms with Gasteiger partial charge in [-0.1, -0.05) is 4.98 Å². The van der Waals surface area contributed by atoms with Crippen LogP contribution in [0.3, 0.4) is 0 Å². The summed E-state index contributed by atoms with van der Waals surface area (Å²) in [4.78, 5) is 17.8. The molecule has 19 heavy (non-hydrogen) atoms. The van der Waals surface area contributed by atoms with Crippen molar-refractivity contribution in [3.05, 3.63) is 45.9 Å². The van der Waals surface area contributed by atoms with Crippen LogP contribution in [0.25, 0.3) is 10.8 Å². The van der Waals surface area contributed by atoms with Gasteiger partial charge in [0, 0.05) is 10.5 Å². The average molecular weight is 277 g/mol. The second-order valence-electron chi connectivity index (χ2n) is 3.62. The van der Waals surface area contributed by atoms with Crippen molar-refractivity contribution in [3.63, 3.8) is 0 Å². The fourth-order valence-corrected chi connectivity index (χ4v) is 2.28. The van der Waals surface area contributed by atoms with Gasteiger partial charge in [0.1, 0.15) is 6.54 Å². The lowest BCUT2D eigenvalue weighted by atomic mass is 10.4. The Morgan fingerprint density at radius 2 is 2.42 bits per heavy atom. The van der Waals surface area contributed by atoms with Crippen molar-refractivity contribution in [2.75, 3.05) is 0 Å². The van der Waals surface area contributed by atoms with Crippen molar-refractivity contribution < 1.29 is 9.34 Å². The fourth-order valence-electron chi connectivity index (χ4n) is 1.50. The normalized spacial score (nSPS) is 10.7. The molecule has 0 N–H and O–H groups in total. The molecule has 0 aromatic carbocycles.